The Morgan fingerprint density at radius 1 is 1.17 bits per heavy atom. The summed E-state index contributed by atoms with van der Waals surface area (Å²) < 4.78 is 27.0. The zero-order valence-electron chi connectivity index (χ0n) is 11.0. The average Bonchev–Trinajstić information content (AvgIpc) is 2.81. The van der Waals surface area contributed by atoms with Gasteiger partial charge in [-0.3, -0.25) is 0 Å². The minimum Gasteiger partial charge on any atom is -0.377 e. The van der Waals surface area contributed by atoms with E-state index in [9.17, 15) is 8.78 Å². The molecule has 2 rings (SSSR count). The van der Waals surface area contributed by atoms with Crippen LogP contribution in [0.5, 0.6) is 0 Å². The van der Waals surface area contributed by atoms with Gasteiger partial charge in [0.05, 0.1) is 0 Å². The van der Waals surface area contributed by atoms with E-state index in [-0.39, 0.29) is 5.41 Å². The molecule has 0 aliphatic heterocycles. The van der Waals surface area contributed by atoms with Crippen molar-refractivity contribution in [2.24, 2.45) is 5.73 Å². The first kappa shape index (κ1) is 13.3. The Labute approximate surface area is 107 Å². The third kappa shape index (κ3) is 2.09. The maximum Gasteiger partial charge on any atom is 0.160 e. The SMILES string of the molecule is CN(C)c1cc(F)c(F)cc1C1(CN)CCCC1. The van der Waals surface area contributed by atoms with Crippen molar-refractivity contribution in [2.45, 2.75) is 31.1 Å². The standard InChI is InChI=1S/C14H20F2N2/c1-18(2)13-8-12(16)11(15)7-10(13)14(9-17)5-3-4-6-14/h7-8H,3-6,9,17H2,1-2H3. The fraction of sp³-hybridized carbons (Fsp3) is 0.571. The summed E-state index contributed by atoms with van der Waals surface area (Å²) in [5, 5.41) is 0. The van der Waals surface area contributed by atoms with Crippen molar-refractivity contribution >= 4 is 5.69 Å². The molecule has 0 saturated heterocycles. The molecule has 18 heavy (non-hydrogen) atoms. The molecule has 0 bridgehead atoms. The third-order valence-corrected chi connectivity index (χ3v) is 4.04. The normalized spacial score (nSPS) is 18.1. The van der Waals surface area contributed by atoms with Gasteiger partial charge in [-0.05, 0) is 24.5 Å². The Balaban J connectivity index is 2.57. The highest BCUT2D eigenvalue weighted by Crippen LogP contribution is 2.44. The molecule has 2 N–H and O–H groups in total. The zero-order chi connectivity index (χ0) is 13.3. The van der Waals surface area contributed by atoms with Gasteiger partial charge in [0.25, 0.3) is 0 Å². The monoisotopic (exact) mass is 254 g/mol. The van der Waals surface area contributed by atoms with Crippen LogP contribution in [0.1, 0.15) is 31.2 Å². The minimum atomic E-state index is -0.799. The molecule has 0 amide bonds. The van der Waals surface area contributed by atoms with Crippen LogP contribution in [0.25, 0.3) is 0 Å². The summed E-state index contributed by atoms with van der Waals surface area (Å²) in [5.74, 6) is -1.58. The maximum absolute atomic E-state index is 13.5. The molecule has 0 atom stereocenters. The van der Waals surface area contributed by atoms with Crippen LogP contribution in [0.2, 0.25) is 0 Å². The summed E-state index contributed by atoms with van der Waals surface area (Å²) in [6.07, 6.45) is 4.11. The molecule has 2 nitrogen and oxygen atoms in total. The molecule has 0 spiro atoms. The van der Waals surface area contributed by atoms with E-state index in [1.54, 1.807) is 0 Å². The molecular weight excluding hydrogens is 234 g/mol. The quantitative estimate of drug-likeness (QED) is 0.898. The van der Waals surface area contributed by atoms with Gasteiger partial charge in [0, 0.05) is 37.8 Å². The van der Waals surface area contributed by atoms with Crippen LogP contribution < -0.4 is 10.6 Å². The summed E-state index contributed by atoms with van der Waals surface area (Å²) in [6, 6.07) is 2.61. The predicted octanol–water partition coefficient (Wildman–Crippen LogP) is 2.80. The van der Waals surface area contributed by atoms with Gasteiger partial charge in [0.1, 0.15) is 0 Å². The first-order chi connectivity index (χ1) is 8.50. The second kappa shape index (κ2) is 4.84. The summed E-state index contributed by atoms with van der Waals surface area (Å²) >= 11 is 0. The van der Waals surface area contributed by atoms with Crippen molar-refractivity contribution in [3.8, 4) is 0 Å². The lowest BCUT2D eigenvalue weighted by Crippen LogP contribution is -2.34. The lowest BCUT2D eigenvalue weighted by molar-refractivity contribution is 0.443. The van der Waals surface area contributed by atoms with Gasteiger partial charge < -0.3 is 10.6 Å². The van der Waals surface area contributed by atoms with Crippen molar-refractivity contribution in [3.63, 3.8) is 0 Å². The predicted molar refractivity (Wildman–Crippen MR) is 69.9 cm³/mol. The molecule has 4 heteroatoms. The highest BCUT2D eigenvalue weighted by atomic mass is 19.2. The molecule has 0 heterocycles. The first-order valence-corrected chi connectivity index (χ1v) is 6.37. The van der Waals surface area contributed by atoms with Gasteiger partial charge in [-0.2, -0.15) is 0 Å². The number of hydrogen-bond acceptors (Lipinski definition) is 2. The van der Waals surface area contributed by atoms with E-state index in [1.807, 2.05) is 19.0 Å². The number of hydrogen-bond donors (Lipinski definition) is 1. The van der Waals surface area contributed by atoms with Crippen molar-refractivity contribution in [2.75, 3.05) is 25.5 Å². The highest BCUT2D eigenvalue weighted by molar-refractivity contribution is 5.57. The van der Waals surface area contributed by atoms with Crippen LogP contribution in [-0.4, -0.2) is 20.6 Å². The molecule has 1 fully saturated rings. The average molecular weight is 254 g/mol. The first-order valence-electron chi connectivity index (χ1n) is 6.37. The Hall–Kier alpha value is -1.16. The molecular formula is C14H20F2N2. The second-order valence-corrected chi connectivity index (χ2v) is 5.37. The van der Waals surface area contributed by atoms with Crippen LogP contribution in [0.3, 0.4) is 0 Å². The van der Waals surface area contributed by atoms with Crippen LogP contribution in [0, 0.1) is 11.6 Å². The Morgan fingerprint density at radius 3 is 2.22 bits per heavy atom. The number of rotatable bonds is 3. The molecule has 1 aliphatic rings. The Kier molecular flexibility index (Phi) is 3.57. The molecule has 1 aromatic rings. The highest BCUT2D eigenvalue weighted by Gasteiger charge is 2.37. The van der Waals surface area contributed by atoms with Crippen molar-refractivity contribution in [3.05, 3.63) is 29.3 Å². The molecule has 1 saturated carbocycles. The lowest BCUT2D eigenvalue weighted by Gasteiger charge is -2.32. The summed E-state index contributed by atoms with van der Waals surface area (Å²) in [5.41, 5.74) is 7.33. The fourth-order valence-corrected chi connectivity index (χ4v) is 2.97. The summed E-state index contributed by atoms with van der Waals surface area (Å²) in [7, 11) is 3.69. The van der Waals surface area contributed by atoms with Gasteiger partial charge in [0.15, 0.2) is 11.6 Å². The lowest BCUT2D eigenvalue weighted by atomic mass is 9.78. The number of benzene rings is 1. The molecule has 0 aromatic heterocycles. The summed E-state index contributed by atoms with van der Waals surface area (Å²) in [4.78, 5) is 1.83. The Bertz CT molecular complexity index is 438. The van der Waals surface area contributed by atoms with Crippen LogP contribution in [0.4, 0.5) is 14.5 Å². The minimum absolute atomic E-state index is 0.186. The van der Waals surface area contributed by atoms with Crippen LogP contribution in [-0.2, 0) is 5.41 Å². The van der Waals surface area contributed by atoms with Gasteiger partial charge >= 0.3 is 0 Å². The topological polar surface area (TPSA) is 29.3 Å². The van der Waals surface area contributed by atoms with E-state index >= 15 is 0 Å². The third-order valence-electron chi connectivity index (χ3n) is 4.04. The second-order valence-electron chi connectivity index (χ2n) is 5.37. The van der Waals surface area contributed by atoms with Crippen LogP contribution in [0.15, 0.2) is 12.1 Å². The van der Waals surface area contributed by atoms with Gasteiger partial charge in [-0.15, -0.1) is 0 Å². The maximum atomic E-state index is 13.5. The molecule has 0 radical (unpaired) electrons. The van der Waals surface area contributed by atoms with E-state index in [0.29, 0.717) is 6.54 Å². The molecule has 1 aromatic carbocycles. The van der Waals surface area contributed by atoms with Gasteiger partial charge in [-0.25, -0.2) is 8.78 Å². The summed E-state index contributed by atoms with van der Waals surface area (Å²) in [6.45, 7) is 0.485. The van der Waals surface area contributed by atoms with E-state index in [0.717, 1.165) is 36.9 Å². The zero-order valence-corrected chi connectivity index (χ0v) is 11.0. The fourth-order valence-electron chi connectivity index (χ4n) is 2.97. The van der Waals surface area contributed by atoms with E-state index in [4.69, 9.17) is 5.73 Å². The van der Waals surface area contributed by atoms with Crippen molar-refractivity contribution in [1.82, 2.24) is 0 Å². The van der Waals surface area contributed by atoms with E-state index in [2.05, 4.69) is 0 Å². The number of nitrogens with two attached hydrogens (primary N) is 1. The van der Waals surface area contributed by atoms with Gasteiger partial charge in [0.2, 0.25) is 0 Å². The molecule has 0 unspecified atom stereocenters. The van der Waals surface area contributed by atoms with Crippen LogP contribution >= 0.6 is 0 Å². The largest absolute Gasteiger partial charge is 0.377 e. The number of anilines is 1. The molecule has 100 valence electrons. The number of nitrogens with zero attached hydrogens (tertiary/aromatic N) is 1. The smallest absolute Gasteiger partial charge is 0.160 e. The van der Waals surface area contributed by atoms with Crippen molar-refractivity contribution in [1.29, 1.82) is 0 Å². The van der Waals surface area contributed by atoms with E-state index in [1.165, 1.54) is 12.1 Å². The van der Waals surface area contributed by atoms with Gasteiger partial charge in [-0.1, -0.05) is 12.8 Å². The number of halogens is 2. The van der Waals surface area contributed by atoms with Crippen molar-refractivity contribution < 1.29 is 8.78 Å². The van der Waals surface area contributed by atoms with E-state index < -0.39 is 11.6 Å². The Morgan fingerprint density at radius 2 is 1.72 bits per heavy atom. The molecule has 1 aliphatic carbocycles.